The summed E-state index contributed by atoms with van der Waals surface area (Å²) in [6.07, 6.45) is 2.74. The molecule has 1 aromatic heterocycles. The molecule has 1 heterocycles. The van der Waals surface area contributed by atoms with E-state index in [9.17, 15) is 20.3 Å². The van der Waals surface area contributed by atoms with Gasteiger partial charge in [0.25, 0.3) is 0 Å². The van der Waals surface area contributed by atoms with Crippen LogP contribution in [-0.4, -0.2) is 25.3 Å². The SMILES string of the molecule is N#C/C(=C\c1cc(O)c(O)c([N+](=O)[O-])c1)c1cccnn1. The van der Waals surface area contributed by atoms with Crippen molar-refractivity contribution in [2.24, 2.45) is 0 Å². The number of nitro groups is 1. The second-order valence-corrected chi connectivity index (χ2v) is 3.94. The molecule has 1 aromatic carbocycles. The van der Waals surface area contributed by atoms with Crippen LogP contribution in [0.5, 0.6) is 11.5 Å². The maximum absolute atomic E-state index is 10.8. The van der Waals surface area contributed by atoms with Crippen LogP contribution in [-0.2, 0) is 0 Å². The highest BCUT2D eigenvalue weighted by molar-refractivity contribution is 5.88. The third-order valence-corrected chi connectivity index (χ3v) is 2.57. The summed E-state index contributed by atoms with van der Waals surface area (Å²) in [4.78, 5) is 9.95. The Hall–Kier alpha value is -3.47. The van der Waals surface area contributed by atoms with Crippen molar-refractivity contribution >= 4 is 17.3 Å². The third-order valence-electron chi connectivity index (χ3n) is 2.57. The molecule has 0 saturated heterocycles. The number of rotatable bonds is 3. The summed E-state index contributed by atoms with van der Waals surface area (Å²) >= 11 is 0. The maximum Gasteiger partial charge on any atom is 0.315 e. The lowest BCUT2D eigenvalue weighted by Gasteiger charge is -2.02. The lowest BCUT2D eigenvalue weighted by Crippen LogP contribution is -1.91. The lowest BCUT2D eigenvalue weighted by atomic mass is 10.1. The zero-order valence-corrected chi connectivity index (χ0v) is 10.5. The van der Waals surface area contributed by atoms with Gasteiger partial charge in [-0.15, -0.1) is 5.10 Å². The molecule has 8 nitrogen and oxygen atoms in total. The number of aromatic nitrogens is 2. The predicted molar refractivity (Wildman–Crippen MR) is 71.9 cm³/mol. The molecule has 0 saturated carbocycles. The topological polar surface area (TPSA) is 133 Å². The fourth-order valence-corrected chi connectivity index (χ4v) is 1.62. The standard InChI is InChI=1S/C13H8N4O4/c14-7-9(10-2-1-3-15-16-10)4-8-5-11(17(20)21)13(19)12(18)6-8/h1-6,18-19H/b9-4+. The Morgan fingerprint density at radius 3 is 2.76 bits per heavy atom. The number of phenolic OH excluding ortho intramolecular Hbond substituents is 2. The first-order valence-corrected chi connectivity index (χ1v) is 5.63. The van der Waals surface area contributed by atoms with Crippen LogP contribution in [0.2, 0.25) is 0 Å². The Bertz CT molecular complexity index is 766. The second kappa shape index (κ2) is 5.66. The van der Waals surface area contributed by atoms with E-state index in [0.717, 1.165) is 12.1 Å². The maximum atomic E-state index is 10.8. The van der Waals surface area contributed by atoms with Gasteiger partial charge in [0.15, 0.2) is 5.75 Å². The van der Waals surface area contributed by atoms with Crippen LogP contribution in [0.15, 0.2) is 30.5 Å². The Labute approximate surface area is 118 Å². The minimum Gasteiger partial charge on any atom is -0.504 e. The van der Waals surface area contributed by atoms with E-state index >= 15 is 0 Å². The Kier molecular flexibility index (Phi) is 3.76. The Morgan fingerprint density at radius 1 is 1.43 bits per heavy atom. The van der Waals surface area contributed by atoms with Crippen LogP contribution in [0.3, 0.4) is 0 Å². The van der Waals surface area contributed by atoms with Crippen molar-refractivity contribution in [2.75, 3.05) is 0 Å². The van der Waals surface area contributed by atoms with E-state index in [2.05, 4.69) is 10.2 Å². The van der Waals surface area contributed by atoms with E-state index < -0.39 is 22.1 Å². The highest BCUT2D eigenvalue weighted by Gasteiger charge is 2.18. The number of hydrogen-bond acceptors (Lipinski definition) is 7. The summed E-state index contributed by atoms with van der Waals surface area (Å²) in [6.45, 7) is 0. The molecule has 2 rings (SSSR count). The molecule has 0 aliphatic heterocycles. The zero-order chi connectivity index (χ0) is 15.4. The van der Waals surface area contributed by atoms with Crippen molar-refractivity contribution in [3.8, 4) is 17.6 Å². The van der Waals surface area contributed by atoms with Gasteiger partial charge >= 0.3 is 5.69 Å². The van der Waals surface area contributed by atoms with Gasteiger partial charge in [-0.25, -0.2) is 0 Å². The van der Waals surface area contributed by atoms with Crippen molar-refractivity contribution in [3.05, 3.63) is 51.8 Å². The lowest BCUT2D eigenvalue weighted by molar-refractivity contribution is -0.386. The smallest absolute Gasteiger partial charge is 0.315 e. The molecule has 21 heavy (non-hydrogen) atoms. The molecule has 0 amide bonds. The van der Waals surface area contributed by atoms with Crippen LogP contribution < -0.4 is 0 Å². The molecule has 0 radical (unpaired) electrons. The van der Waals surface area contributed by atoms with Gasteiger partial charge < -0.3 is 10.2 Å². The molecule has 0 fully saturated rings. The molecule has 0 aliphatic carbocycles. The van der Waals surface area contributed by atoms with Crippen LogP contribution in [0.1, 0.15) is 11.3 Å². The largest absolute Gasteiger partial charge is 0.504 e. The summed E-state index contributed by atoms with van der Waals surface area (Å²) in [6, 6.07) is 7.19. The molecule has 104 valence electrons. The average Bonchev–Trinajstić information content (AvgIpc) is 2.48. The number of nitriles is 1. The summed E-state index contributed by atoms with van der Waals surface area (Å²) in [5.74, 6) is -1.47. The summed E-state index contributed by atoms with van der Waals surface area (Å²) in [5.41, 5.74) is -0.0744. The van der Waals surface area contributed by atoms with Crippen LogP contribution in [0.25, 0.3) is 11.6 Å². The quantitative estimate of drug-likeness (QED) is 0.380. The van der Waals surface area contributed by atoms with Crippen molar-refractivity contribution in [1.29, 1.82) is 5.26 Å². The number of nitro benzene ring substituents is 1. The number of hydrogen-bond donors (Lipinski definition) is 2. The van der Waals surface area contributed by atoms with Crippen molar-refractivity contribution in [2.45, 2.75) is 0 Å². The summed E-state index contributed by atoms with van der Waals surface area (Å²) in [7, 11) is 0. The first kappa shape index (κ1) is 14.0. The fourth-order valence-electron chi connectivity index (χ4n) is 1.62. The number of allylic oxidation sites excluding steroid dienone is 1. The van der Waals surface area contributed by atoms with Crippen LogP contribution in [0.4, 0.5) is 5.69 Å². The third kappa shape index (κ3) is 2.93. The van der Waals surface area contributed by atoms with Crippen molar-refractivity contribution < 1.29 is 15.1 Å². The summed E-state index contributed by atoms with van der Waals surface area (Å²) < 4.78 is 0. The van der Waals surface area contributed by atoms with Crippen molar-refractivity contribution in [1.82, 2.24) is 10.2 Å². The van der Waals surface area contributed by atoms with Gasteiger partial charge in [0, 0.05) is 12.3 Å². The molecule has 0 atom stereocenters. The molecule has 8 heteroatoms. The molecule has 0 aliphatic rings. The molecule has 2 aromatic rings. The van der Waals surface area contributed by atoms with Gasteiger partial charge in [0.05, 0.1) is 10.5 Å². The molecule has 0 spiro atoms. The van der Waals surface area contributed by atoms with Gasteiger partial charge in [-0.05, 0) is 29.8 Å². The minimum absolute atomic E-state index is 0.113. The van der Waals surface area contributed by atoms with Crippen LogP contribution in [0, 0.1) is 21.4 Å². The van der Waals surface area contributed by atoms with E-state index in [1.165, 1.54) is 12.3 Å². The van der Waals surface area contributed by atoms with Gasteiger partial charge in [-0.3, -0.25) is 10.1 Å². The zero-order valence-electron chi connectivity index (χ0n) is 10.5. The van der Waals surface area contributed by atoms with Gasteiger partial charge in [0.1, 0.15) is 11.8 Å². The van der Waals surface area contributed by atoms with Gasteiger partial charge in [-0.1, -0.05) is 0 Å². The number of benzene rings is 1. The second-order valence-electron chi connectivity index (χ2n) is 3.94. The molecular formula is C13H8N4O4. The first-order valence-electron chi connectivity index (χ1n) is 5.63. The molecule has 0 bridgehead atoms. The van der Waals surface area contributed by atoms with E-state index in [4.69, 9.17) is 5.26 Å². The van der Waals surface area contributed by atoms with E-state index in [0.29, 0.717) is 0 Å². The number of phenols is 2. The van der Waals surface area contributed by atoms with E-state index in [1.54, 1.807) is 12.1 Å². The first-order chi connectivity index (χ1) is 10.0. The van der Waals surface area contributed by atoms with Gasteiger partial charge in [-0.2, -0.15) is 10.4 Å². The molecule has 0 unspecified atom stereocenters. The fraction of sp³-hybridized carbons (Fsp3) is 0. The summed E-state index contributed by atoms with van der Waals surface area (Å²) in [5, 5.41) is 46.2. The highest BCUT2D eigenvalue weighted by Crippen LogP contribution is 2.36. The van der Waals surface area contributed by atoms with Crippen molar-refractivity contribution in [3.63, 3.8) is 0 Å². The highest BCUT2D eigenvalue weighted by atomic mass is 16.6. The molecule has 2 N–H and O–H groups in total. The van der Waals surface area contributed by atoms with E-state index in [1.807, 2.05) is 6.07 Å². The minimum atomic E-state index is -0.833. The van der Waals surface area contributed by atoms with Crippen LogP contribution >= 0.6 is 0 Å². The Morgan fingerprint density at radius 2 is 2.19 bits per heavy atom. The molecular weight excluding hydrogens is 276 g/mol. The monoisotopic (exact) mass is 284 g/mol. The number of aromatic hydroxyl groups is 2. The predicted octanol–water partition coefficient (Wildman–Crippen LogP) is 1.86. The van der Waals surface area contributed by atoms with E-state index in [-0.39, 0.29) is 16.8 Å². The number of nitrogens with zero attached hydrogens (tertiary/aromatic N) is 4. The average molecular weight is 284 g/mol. The van der Waals surface area contributed by atoms with Gasteiger partial charge in [0.2, 0.25) is 5.75 Å². The normalized spacial score (nSPS) is 10.9. The Balaban J connectivity index is 2.54.